The highest BCUT2D eigenvalue weighted by Gasteiger charge is 2.48. The van der Waals surface area contributed by atoms with Crippen molar-refractivity contribution in [2.75, 3.05) is 33.2 Å². The van der Waals surface area contributed by atoms with Gasteiger partial charge in [-0.15, -0.1) is 0 Å². The number of likely N-dealkylation sites (N-methyl/N-ethyl adjacent to an activating group) is 1. The molecule has 0 radical (unpaired) electrons. The number of nitrogens with one attached hydrogen (secondary N) is 1. The maximum absolute atomic E-state index is 12.2. The maximum Gasteiger partial charge on any atom is 0.218 e. The number of nitrogens with zero attached hydrogens (tertiary/aromatic N) is 2. The minimum absolute atomic E-state index is 0.0391. The molecule has 1 aliphatic carbocycles. The van der Waals surface area contributed by atoms with Crippen molar-refractivity contribution < 1.29 is 9.90 Å². The summed E-state index contributed by atoms with van der Waals surface area (Å²) in [6.07, 6.45) is 2.69. The lowest BCUT2D eigenvalue weighted by Crippen LogP contribution is -2.61. The number of aryl methyl sites for hydroxylation is 1. The fourth-order valence-corrected chi connectivity index (χ4v) is 4.67. The summed E-state index contributed by atoms with van der Waals surface area (Å²) < 4.78 is 0. The number of carbonyl (C=O) groups excluding carboxylic acids is 1. The first-order valence-corrected chi connectivity index (χ1v) is 9.88. The zero-order valence-electron chi connectivity index (χ0n) is 16.9. The van der Waals surface area contributed by atoms with E-state index in [2.05, 4.69) is 49.0 Å². The van der Waals surface area contributed by atoms with E-state index in [1.165, 1.54) is 11.1 Å². The van der Waals surface area contributed by atoms with Gasteiger partial charge in [-0.25, -0.2) is 0 Å². The van der Waals surface area contributed by atoms with Crippen LogP contribution in [0.4, 0.5) is 0 Å². The van der Waals surface area contributed by atoms with Crippen LogP contribution in [0.1, 0.15) is 61.8 Å². The average Bonchev–Trinajstić information content (AvgIpc) is 2.98. The highest BCUT2D eigenvalue weighted by Crippen LogP contribution is 2.49. The van der Waals surface area contributed by atoms with E-state index in [0.717, 1.165) is 56.6 Å². The zero-order chi connectivity index (χ0) is 19.1. The van der Waals surface area contributed by atoms with Crippen molar-refractivity contribution in [3.05, 3.63) is 28.3 Å². The van der Waals surface area contributed by atoms with Crippen LogP contribution in [0, 0.1) is 6.92 Å². The number of aromatic hydroxyl groups is 1. The first-order valence-electron chi connectivity index (χ1n) is 9.88. The van der Waals surface area contributed by atoms with Crippen molar-refractivity contribution in [3.8, 4) is 5.75 Å². The summed E-state index contributed by atoms with van der Waals surface area (Å²) >= 11 is 0. The van der Waals surface area contributed by atoms with Gasteiger partial charge >= 0.3 is 0 Å². The Bertz CT molecular complexity index is 695. The summed E-state index contributed by atoms with van der Waals surface area (Å²) in [7, 11) is 2.13. The lowest BCUT2D eigenvalue weighted by Gasteiger charge is -2.46. The number of fused-ring (bicyclic) bond motifs is 1. The molecule has 2 aliphatic rings. The average molecular weight is 360 g/mol. The predicted molar refractivity (Wildman–Crippen MR) is 104 cm³/mol. The number of phenols is 1. The van der Waals surface area contributed by atoms with Crippen LogP contribution in [0.2, 0.25) is 0 Å². The largest absolute Gasteiger partial charge is 0.507 e. The van der Waals surface area contributed by atoms with Gasteiger partial charge in [0.05, 0.1) is 0 Å². The molecule has 2 atom stereocenters. The zero-order valence-corrected chi connectivity index (χ0v) is 16.9. The Balaban J connectivity index is 2.15. The highest BCUT2D eigenvalue weighted by atomic mass is 16.3. The number of rotatable bonds is 4. The second-order valence-corrected chi connectivity index (χ2v) is 8.13. The van der Waals surface area contributed by atoms with Gasteiger partial charge in [0.15, 0.2) is 0 Å². The molecule has 1 aliphatic heterocycles. The minimum Gasteiger partial charge on any atom is -0.507 e. The Morgan fingerprint density at radius 3 is 2.58 bits per heavy atom. The maximum atomic E-state index is 12.2. The quantitative estimate of drug-likeness (QED) is 0.868. The molecule has 2 unspecified atom stereocenters. The van der Waals surface area contributed by atoms with Crippen molar-refractivity contribution >= 4 is 5.91 Å². The molecule has 0 spiro atoms. The van der Waals surface area contributed by atoms with Crippen LogP contribution in [-0.2, 0) is 16.9 Å². The first kappa shape index (κ1) is 19.2. The van der Waals surface area contributed by atoms with Crippen LogP contribution < -0.4 is 5.32 Å². The number of phenolic OH excluding ortho intramolecular Hbond substituents is 1. The molecule has 1 heterocycles. The summed E-state index contributed by atoms with van der Waals surface area (Å²) in [5.74, 6) is 0.648. The van der Waals surface area contributed by atoms with E-state index in [1.54, 1.807) is 6.92 Å². The fourth-order valence-electron chi connectivity index (χ4n) is 4.67. The van der Waals surface area contributed by atoms with E-state index in [0.29, 0.717) is 11.7 Å². The summed E-state index contributed by atoms with van der Waals surface area (Å²) in [6.45, 7) is 11.8. The molecule has 3 rings (SSSR count). The van der Waals surface area contributed by atoms with Crippen molar-refractivity contribution in [2.24, 2.45) is 0 Å². The van der Waals surface area contributed by atoms with Gasteiger partial charge in [0, 0.05) is 38.7 Å². The first-order chi connectivity index (χ1) is 12.3. The minimum atomic E-state index is -0.583. The molecule has 0 saturated carbocycles. The molecule has 144 valence electrons. The molecule has 5 heteroatoms. The summed E-state index contributed by atoms with van der Waals surface area (Å²) in [5, 5.41) is 14.5. The summed E-state index contributed by atoms with van der Waals surface area (Å²) in [5.41, 5.74) is 3.82. The number of hydrogen-bond donors (Lipinski definition) is 2. The van der Waals surface area contributed by atoms with E-state index in [-0.39, 0.29) is 5.91 Å². The molecule has 0 bridgehead atoms. The van der Waals surface area contributed by atoms with Gasteiger partial charge in [0.25, 0.3) is 0 Å². The van der Waals surface area contributed by atoms with Crippen LogP contribution in [0.3, 0.4) is 0 Å². The predicted octanol–water partition coefficient (Wildman–Crippen LogP) is 2.70. The molecular formula is C21H33N3O2. The van der Waals surface area contributed by atoms with E-state index in [1.807, 2.05) is 0 Å². The van der Waals surface area contributed by atoms with E-state index in [4.69, 9.17) is 0 Å². The molecule has 0 aromatic heterocycles. The highest BCUT2D eigenvalue weighted by molar-refractivity contribution is 5.75. The van der Waals surface area contributed by atoms with Crippen LogP contribution in [0.25, 0.3) is 0 Å². The van der Waals surface area contributed by atoms with E-state index < -0.39 is 5.66 Å². The number of hydrogen-bond acceptors (Lipinski definition) is 4. The van der Waals surface area contributed by atoms with Gasteiger partial charge in [-0.2, -0.15) is 0 Å². The molecule has 5 nitrogen and oxygen atoms in total. The Kier molecular flexibility index (Phi) is 5.31. The molecular weight excluding hydrogens is 326 g/mol. The Morgan fingerprint density at radius 2 is 2.00 bits per heavy atom. The standard InChI is InChI=1S/C21H33N3O2/c1-6-14(2)18-13-15(3)17-7-8-21(22-16(4)25,19(17)20(18)26)24-11-9-23(5)10-12-24/h13-14,26H,6-12H2,1-5H3,(H,22,25). The fraction of sp³-hybridized carbons (Fsp3) is 0.667. The van der Waals surface area contributed by atoms with E-state index in [9.17, 15) is 9.90 Å². The number of piperazine rings is 1. The molecule has 1 amide bonds. The smallest absolute Gasteiger partial charge is 0.218 e. The van der Waals surface area contributed by atoms with Gasteiger partial charge in [0.2, 0.25) is 5.91 Å². The van der Waals surface area contributed by atoms with Crippen molar-refractivity contribution in [1.82, 2.24) is 15.1 Å². The lowest BCUT2D eigenvalue weighted by atomic mass is 9.87. The summed E-state index contributed by atoms with van der Waals surface area (Å²) in [4.78, 5) is 16.9. The second kappa shape index (κ2) is 7.20. The van der Waals surface area contributed by atoms with Crippen molar-refractivity contribution in [1.29, 1.82) is 0 Å². The molecule has 1 saturated heterocycles. The third kappa shape index (κ3) is 3.12. The van der Waals surface area contributed by atoms with Gasteiger partial charge in [-0.1, -0.05) is 19.9 Å². The SMILES string of the molecule is CCC(C)c1cc(C)c2c(c1O)C(NC(C)=O)(N1CCN(C)CC1)CC2. The summed E-state index contributed by atoms with van der Waals surface area (Å²) in [6, 6.07) is 2.15. The van der Waals surface area contributed by atoms with Gasteiger partial charge < -0.3 is 15.3 Å². The van der Waals surface area contributed by atoms with Gasteiger partial charge in [0.1, 0.15) is 11.4 Å². The van der Waals surface area contributed by atoms with E-state index >= 15 is 0 Å². The van der Waals surface area contributed by atoms with Crippen LogP contribution in [0.15, 0.2) is 6.07 Å². The normalized spacial score (nSPS) is 25.1. The number of benzene rings is 1. The molecule has 26 heavy (non-hydrogen) atoms. The topological polar surface area (TPSA) is 55.8 Å². The Labute approximate surface area is 157 Å². The van der Waals surface area contributed by atoms with Crippen LogP contribution >= 0.6 is 0 Å². The van der Waals surface area contributed by atoms with Crippen molar-refractivity contribution in [3.63, 3.8) is 0 Å². The third-order valence-corrected chi connectivity index (χ3v) is 6.38. The molecule has 1 aromatic carbocycles. The second-order valence-electron chi connectivity index (χ2n) is 8.13. The van der Waals surface area contributed by atoms with Crippen molar-refractivity contribution in [2.45, 2.75) is 58.5 Å². The number of carbonyl (C=O) groups is 1. The van der Waals surface area contributed by atoms with Crippen LogP contribution in [-0.4, -0.2) is 54.0 Å². The Hall–Kier alpha value is -1.59. The number of amides is 1. The lowest BCUT2D eigenvalue weighted by molar-refractivity contribution is -0.125. The monoisotopic (exact) mass is 359 g/mol. The molecule has 2 N–H and O–H groups in total. The molecule has 1 fully saturated rings. The van der Waals surface area contributed by atoms with Crippen LogP contribution in [0.5, 0.6) is 5.75 Å². The Morgan fingerprint density at radius 1 is 1.35 bits per heavy atom. The third-order valence-electron chi connectivity index (χ3n) is 6.38. The molecule has 1 aromatic rings. The van der Waals surface area contributed by atoms with Gasteiger partial charge in [-0.05, 0) is 55.8 Å². The van der Waals surface area contributed by atoms with Gasteiger partial charge in [-0.3, -0.25) is 9.69 Å².